The highest BCUT2D eigenvalue weighted by Crippen LogP contribution is 2.18. The summed E-state index contributed by atoms with van der Waals surface area (Å²) < 4.78 is 4.86. The second-order valence-electron chi connectivity index (χ2n) is 2.62. The van der Waals surface area contributed by atoms with E-state index in [1.54, 1.807) is 0 Å². The number of nitriles is 2. The SMILES string of the molecule is N#Cc1ccc(OCC(=O)O)c(C#N)c1. The molecule has 0 aliphatic heterocycles. The van der Waals surface area contributed by atoms with Crippen molar-refractivity contribution in [3.05, 3.63) is 29.3 Å². The Morgan fingerprint density at radius 3 is 2.67 bits per heavy atom. The summed E-state index contributed by atoms with van der Waals surface area (Å²) in [6, 6.07) is 7.90. The minimum absolute atomic E-state index is 0.148. The predicted molar refractivity (Wildman–Crippen MR) is 49.0 cm³/mol. The van der Waals surface area contributed by atoms with Crippen LogP contribution in [0.25, 0.3) is 0 Å². The van der Waals surface area contributed by atoms with E-state index in [1.807, 2.05) is 12.1 Å². The molecule has 0 bridgehead atoms. The van der Waals surface area contributed by atoms with E-state index in [4.69, 9.17) is 20.4 Å². The second kappa shape index (κ2) is 4.64. The second-order valence-corrected chi connectivity index (χ2v) is 2.62. The highest BCUT2D eigenvalue weighted by molar-refractivity contribution is 5.68. The van der Waals surface area contributed by atoms with Crippen LogP contribution in [0, 0.1) is 22.7 Å². The zero-order valence-electron chi connectivity index (χ0n) is 7.60. The van der Waals surface area contributed by atoms with Crippen LogP contribution in [0.1, 0.15) is 11.1 Å². The molecule has 1 rings (SSSR count). The van der Waals surface area contributed by atoms with Gasteiger partial charge in [-0.1, -0.05) is 0 Å². The summed E-state index contributed by atoms with van der Waals surface area (Å²) in [5.74, 6) is -0.956. The number of carboxylic acid groups (broad SMARTS) is 1. The Hall–Kier alpha value is -2.53. The quantitative estimate of drug-likeness (QED) is 0.785. The minimum atomic E-state index is -1.12. The Kier molecular flexibility index (Phi) is 3.26. The standard InChI is InChI=1S/C10H6N2O3/c11-4-7-1-2-9(8(3-7)5-12)15-6-10(13)14/h1-3H,6H2,(H,13,14). The van der Waals surface area contributed by atoms with Gasteiger partial charge in [-0.3, -0.25) is 0 Å². The van der Waals surface area contributed by atoms with Gasteiger partial charge in [0.2, 0.25) is 0 Å². The van der Waals surface area contributed by atoms with Crippen molar-refractivity contribution in [2.45, 2.75) is 0 Å². The Labute approximate surface area is 85.7 Å². The summed E-state index contributed by atoms with van der Waals surface area (Å²) in [4.78, 5) is 10.2. The number of hydrogen-bond acceptors (Lipinski definition) is 4. The first kappa shape index (κ1) is 10.6. The van der Waals surface area contributed by atoms with Crippen LogP contribution in [0.3, 0.4) is 0 Å². The van der Waals surface area contributed by atoms with E-state index in [-0.39, 0.29) is 11.3 Å². The number of hydrogen-bond donors (Lipinski definition) is 1. The third-order valence-corrected chi connectivity index (χ3v) is 1.58. The maximum absolute atomic E-state index is 10.2. The molecule has 0 heterocycles. The number of rotatable bonds is 3. The molecule has 1 N–H and O–H groups in total. The van der Waals surface area contributed by atoms with Gasteiger partial charge in [0.05, 0.1) is 17.2 Å². The average molecular weight is 202 g/mol. The fraction of sp³-hybridized carbons (Fsp3) is 0.100. The molecule has 0 aliphatic carbocycles. The number of benzene rings is 1. The molecular formula is C10H6N2O3. The molecule has 1 aromatic rings. The average Bonchev–Trinajstić information content (AvgIpc) is 2.25. The maximum Gasteiger partial charge on any atom is 0.341 e. The first-order valence-electron chi connectivity index (χ1n) is 3.96. The van der Waals surface area contributed by atoms with Crippen molar-refractivity contribution < 1.29 is 14.6 Å². The van der Waals surface area contributed by atoms with E-state index >= 15 is 0 Å². The van der Waals surface area contributed by atoms with Crippen molar-refractivity contribution in [2.75, 3.05) is 6.61 Å². The zero-order valence-corrected chi connectivity index (χ0v) is 7.60. The molecule has 0 atom stereocenters. The zero-order chi connectivity index (χ0) is 11.3. The molecule has 0 radical (unpaired) electrons. The van der Waals surface area contributed by atoms with Gasteiger partial charge in [0.25, 0.3) is 0 Å². The molecular weight excluding hydrogens is 196 g/mol. The summed E-state index contributed by atoms with van der Waals surface area (Å²) >= 11 is 0. The smallest absolute Gasteiger partial charge is 0.341 e. The fourth-order valence-corrected chi connectivity index (χ4v) is 0.952. The van der Waals surface area contributed by atoms with Crippen molar-refractivity contribution in [2.24, 2.45) is 0 Å². The monoisotopic (exact) mass is 202 g/mol. The number of aliphatic carboxylic acids is 1. The summed E-state index contributed by atoms with van der Waals surface area (Å²) in [6.07, 6.45) is 0. The number of nitrogens with zero attached hydrogens (tertiary/aromatic N) is 2. The maximum atomic E-state index is 10.2. The Morgan fingerprint density at radius 2 is 2.13 bits per heavy atom. The number of carboxylic acids is 1. The van der Waals surface area contributed by atoms with Crippen molar-refractivity contribution in [1.29, 1.82) is 10.5 Å². The Balaban J connectivity index is 2.95. The third kappa shape index (κ3) is 2.71. The first-order valence-corrected chi connectivity index (χ1v) is 3.96. The molecule has 15 heavy (non-hydrogen) atoms. The summed E-state index contributed by atoms with van der Waals surface area (Å²) in [5.41, 5.74) is 0.476. The first-order chi connectivity index (χ1) is 7.17. The fourth-order valence-electron chi connectivity index (χ4n) is 0.952. The van der Waals surface area contributed by atoms with E-state index in [9.17, 15) is 4.79 Å². The van der Waals surface area contributed by atoms with Gasteiger partial charge in [-0.25, -0.2) is 4.79 Å². The van der Waals surface area contributed by atoms with E-state index in [0.717, 1.165) is 0 Å². The highest BCUT2D eigenvalue weighted by atomic mass is 16.5. The van der Waals surface area contributed by atoms with Crippen LogP contribution in [0.4, 0.5) is 0 Å². The lowest BCUT2D eigenvalue weighted by Crippen LogP contribution is -2.10. The molecule has 5 heteroatoms. The predicted octanol–water partition coefficient (Wildman–Crippen LogP) is 0.893. The van der Waals surface area contributed by atoms with Gasteiger partial charge in [0.1, 0.15) is 11.8 Å². The van der Waals surface area contributed by atoms with Crippen LogP contribution in [0.15, 0.2) is 18.2 Å². The molecule has 0 amide bonds. The molecule has 0 saturated carbocycles. The summed E-state index contributed by atoms with van der Waals surface area (Å²) in [6.45, 7) is -0.513. The number of ether oxygens (including phenoxy) is 1. The molecule has 0 aromatic heterocycles. The van der Waals surface area contributed by atoms with E-state index in [0.29, 0.717) is 5.56 Å². The summed E-state index contributed by atoms with van der Waals surface area (Å²) in [7, 11) is 0. The molecule has 0 spiro atoms. The molecule has 0 saturated heterocycles. The topological polar surface area (TPSA) is 94.1 Å². The van der Waals surface area contributed by atoms with Crippen molar-refractivity contribution in [3.63, 3.8) is 0 Å². The molecule has 74 valence electrons. The lowest BCUT2D eigenvalue weighted by Gasteiger charge is -2.04. The van der Waals surface area contributed by atoms with Crippen LogP contribution >= 0.6 is 0 Å². The van der Waals surface area contributed by atoms with E-state index < -0.39 is 12.6 Å². The summed E-state index contributed by atoms with van der Waals surface area (Å²) in [5, 5.41) is 25.7. The largest absolute Gasteiger partial charge is 0.481 e. The van der Waals surface area contributed by atoms with Gasteiger partial charge in [0.15, 0.2) is 6.61 Å². The normalized spacial score (nSPS) is 8.67. The highest BCUT2D eigenvalue weighted by Gasteiger charge is 2.06. The molecule has 5 nitrogen and oxygen atoms in total. The van der Waals surface area contributed by atoms with E-state index in [2.05, 4.69) is 0 Å². The van der Waals surface area contributed by atoms with Gasteiger partial charge >= 0.3 is 5.97 Å². The lowest BCUT2D eigenvalue weighted by molar-refractivity contribution is -0.139. The van der Waals surface area contributed by atoms with Crippen LogP contribution < -0.4 is 4.74 Å². The van der Waals surface area contributed by atoms with Gasteiger partial charge < -0.3 is 9.84 Å². The van der Waals surface area contributed by atoms with Crippen LogP contribution in [0.5, 0.6) is 5.75 Å². The van der Waals surface area contributed by atoms with Crippen LogP contribution in [0.2, 0.25) is 0 Å². The molecule has 0 unspecified atom stereocenters. The molecule has 0 fully saturated rings. The van der Waals surface area contributed by atoms with Crippen molar-refractivity contribution in [1.82, 2.24) is 0 Å². The Bertz CT molecular complexity index is 469. The minimum Gasteiger partial charge on any atom is -0.481 e. The van der Waals surface area contributed by atoms with Crippen molar-refractivity contribution >= 4 is 5.97 Å². The molecule has 0 aliphatic rings. The van der Waals surface area contributed by atoms with Gasteiger partial charge in [-0.15, -0.1) is 0 Å². The number of carbonyl (C=O) groups is 1. The van der Waals surface area contributed by atoms with Crippen LogP contribution in [-0.2, 0) is 4.79 Å². The van der Waals surface area contributed by atoms with Gasteiger partial charge in [-0.2, -0.15) is 10.5 Å². The Morgan fingerprint density at radius 1 is 1.40 bits per heavy atom. The third-order valence-electron chi connectivity index (χ3n) is 1.58. The van der Waals surface area contributed by atoms with Crippen molar-refractivity contribution in [3.8, 4) is 17.9 Å². The lowest BCUT2D eigenvalue weighted by atomic mass is 10.1. The van der Waals surface area contributed by atoms with E-state index in [1.165, 1.54) is 18.2 Å². The molecule has 1 aromatic carbocycles. The van der Waals surface area contributed by atoms with Crippen LogP contribution in [-0.4, -0.2) is 17.7 Å². The van der Waals surface area contributed by atoms with Gasteiger partial charge in [0, 0.05) is 0 Å². The van der Waals surface area contributed by atoms with Gasteiger partial charge in [-0.05, 0) is 18.2 Å².